The topological polar surface area (TPSA) is 27.7 Å². The Morgan fingerprint density at radius 3 is 1.55 bits per heavy atom. The quantitative estimate of drug-likeness (QED) is 0.709. The molecule has 3 rings (SSSR count). The molecule has 3 nitrogen and oxygen atoms in total. The monoisotopic (exact) mass is 296 g/mol. The molecule has 0 aliphatic heterocycles. The van der Waals surface area contributed by atoms with Gasteiger partial charge < -0.3 is 14.2 Å². The van der Waals surface area contributed by atoms with Gasteiger partial charge in [-0.3, -0.25) is 0 Å². The number of methoxy groups -OCH3 is 3. The third kappa shape index (κ3) is 3.70. The Balaban J connectivity index is 0.000000164. The molecule has 0 aliphatic rings. The van der Waals surface area contributed by atoms with Crippen LogP contribution >= 0.6 is 0 Å². The van der Waals surface area contributed by atoms with Gasteiger partial charge in [-0.2, -0.15) is 0 Å². The molecule has 22 heavy (non-hydrogen) atoms. The minimum atomic E-state index is 0.769. The molecule has 0 spiro atoms. The maximum absolute atomic E-state index is 5.23. The van der Waals surface area contributed by atoms with Gasteiger partial charge in [0.05, 0.1) is 21.3 Å². The van der Waals surface area contributed by atoms with E-state index < -0.39 is 0 Å². The molecule has 3 aromatic rings. The van der Waals surface area contributed by atoms with Crippen LogP contribution in [0.25, 0.3) is 10.8 Å². The maximum atomic E-state index is 5.23. The third-order valence-electron chi connectivity index (χ3n) is 3.26. The second-order valence-electron chi connectivity index (χ2n) is 4.54. The fourth-order valence-electron chi connectivity index (χ4n) is 2.16. The van der Waals surface area contributed by atoms with E-state index in [1.807, 2.05) is 48.5 Å². The van der Waals surface area contributed by atoms with Gasteiger partial charge >= 0.3 is 0 Å². The van der Waals surface area contributed by atoms with Crippen molar-refractivity contribution in [1.29, 1.82) is 0 Å². The molecule has 3 heteroatoms. The molecular formula is C19H20O3. The summed E-state index contributed by atoms with van der Waals surface area (Å²) in [5, 5.41) is 2.39. The second kappa shape index (κ2) is 7.93. The molecule has 0 fully saturated rings. The third-order valence-corrected chi connectivity index (χ3v) is 3.26. The summed E-state index contributed by atoms with van der Waals surface area (Å²) in [6.07, 6.45) is 0. The summed E-state index contributed by atoms with van der Waals surface area (Å²) in [6.45, 7) is 0. The van der Waals surface area contributed by atoms with Crippen molar-refractivity contribution >= 4 is 10.8 Å². The molecule has 0 saturated heterocycles. The van der Waals surface area contributed by atoms with Crippen molar-refractivity contribution in [2.24, 2.45) is 0 Å². The maximum Gasteiger partial charge on any atom is 0.160 e. The van der Waals surface area contributed by atoms with E-state index >= 15 is 0 Å². The van der Waals surface area contributed by atoms with E-state index in [4.69, 9.17) is 14.2 Å². The average Bonchev–Trinajstić information content (AvgIpc) is 2.61. The lowest BCUT2D eigenvalue weighted by molar-refractivity contribution is 0.355. The normalized spacial score (nSPS) is 9.59. The van der Waals surface area contributed by atoms with Crippen molar-refractivity contribution in [2.45, 2.75) is 0 Å². The number of ether oxygens (including phenoxy) is 3. The van der Waals surface area contributed by atoms with Crippen molar-refractivity contribution in [3.63, 3.8) is 0 Å². The summed E-state index contributed by atoms with van der Waals surface area (Å²) >= 11 is 0. The molecule has 0 amide bonds. The number of fused-ring (bicyclic) bond motifs is 1. The Hall–Kier alpha value is -2.68. The number of hydrogen-bond donors (Lipinski definition) is 0. The van der Waals surface area contributed by atoms with Gasteiger partial charge in [-0.25, -0.2) is 0 Å². The standard InChI is InChI=1S/C11H10O.C8H10O2/c1-12-11-8-4-6-9-5-2-3-7-10(9)11;1-9-7-5-3-4-6-8(7)10-2/h2-8H,1H3;3-6H,1-2H3. The highest BCUT2D eigenvalue weighted by atomic mass is 16.5. The molecule has 0 bridgehead atoms. The summed E-state index contributed by atoms with van der Waals surface area (Å²) in [5.74, 6) is 2.48. The molecule has 3 aromatic carbocycles. The summed E-state index contributed by atoms with van der Waals surface area (Å²) in [6, 6.07) is 21.8. The van der Waals surface area contributed by atoms with E-state index in [0.29, 0.717) is 0 Å². The number of para-hydroxylation sites is 2. The van der Waals surface area contributed by atoms with E-state index in [9.17, 15) is 0 Å². The lowest BCUT2D eigenvalue weighted by Crippen LogP contribution is -1.88. The zero-order chi connectivity index (χ0) is 15.8. The van der Waals surface area contributed by atoms with Crippen LogP contribution in [0.1, 0.15) is 0 Å². The molecule has 114 valence electrons. The van der Waals surface area contributed by atoms with Gasteiger partial charge in [0.25, 0.3) is 0 Å². The van der Waals surface area contributed by atoms with Crippen LogP contribution in [0.5, 0.6) is 17.2 Å². The number of rotatable bonds is 3. The Morgan fingerprint density at radius 2 is 0.955 bits per heavy atom. The van der Waals surface area contributed by atoms with E-state index in [1.54, 1.807) is 21.3 Å². The van der Waals surface area contributed by atoms with Crippen molar-refractivity contribution in [3.05, 3.63) is 66.7 Å². The van der Waals surface area contributed by atoms with Gasteiger partial charge in [-0.05, 0) is 23.6 Å². The van der Waals surface area contributed by atoms with Crippen molar-refractivity contribution in [1.82, 2.24) is 0 Å². The van der Waals surface area contributed by atoms with E-state index in [0.717, 1.165) is 17.2 Å². The fourth-order valence-corrected chi connectivity index (χ4v) is 2.16. The van der Waals surface area contributed by atoms with Crippen LogP contribution in [0.3, 0.4) is 0 Å². The van der Waals surface area contributed by atoms with E-state index in [-0.39, 0.29) is 0 Å². The summed E-state index contributed by atoms with van der Waals surface area (Å²) in [7, 11) is 4.94. The number of hydrogen-bond acceptors (Lipinski definition) is 3. The Kier molecular flexibility index (Phi) is 5.66. The van der Waals surface area contributed by atoms with Crippen molar-refractivity contribution in [2.75, 3.05) is 21.3 Å². The van der Waals surface area contributed by atoms with Crippen LogP contribution in [0.2, 0.25) is 0 Å². The minimum absolute atomic E-state index is 0.769. The van der Waals surface area contributed by atoms with Gasteiger partial charge in [0.15, 0.2) is 11.5 Å². The van der Waals surface area contributed by atoms with Gasteiger partial charge in [0.2, 0.25) is 0 Å². The zero-order valence-corrected chi connectivity index (χ0v) is 13.1. The molecule has 0 radical (unpaired) electrons. The first kappa shape index (κ1) is 15.7. The molecule has 0 aromatic heterocycles. The summed E-state index contributed by atoms with van der Waals surface area (Å²) < 4.78 is 15.2. The van der Waals surface area contributed by atoms with Gasteiger partial charge in [0, 0.05) is 5.39 Å². The van der Waals surface area contributed by atoms with Gasteiger partial charge in [-0.1, -0.05) is 48.5 Å². The first-order valence-electron chi connectivity index (χ1n) is 6.99. The SMILES string of the molecule is COc1cccc2ccccc12.COc1ccccc1OC. The van der Waals surface area contributed by atoms with Crippen LogP contribution < -0.4 is 14.2 Å². The highest BCUT2D eigenvalue weighted by Crippen LogP contribution is 2.25. The van der Waals surface area contributed by atoms with Crippen molar-refractivity contribution in [3.8, 4) is 17.2 Å². The predicted octanol–water partition coefficient (Wildman–Crippen LogP) is 4.55. The van der Waals surface area contributed by atoms with Crippen LogP contribution in [0, 0.1) is 0 Å². The van der Waals surface area contributed by atoms with Crippen LogP contribution in [0.4, 0.5) is 0 Å². The lowest BCUT2D eigenvalue weighted by atomic mass is 10.1. The average molecular weight is 296 g/mol. The molecule has 0 N–H and O–H groups in total. The molecule has 0 heterocycles. The summed E-state index contributed by atoms with van der Waals surface area (Å²) in [4.78, 5) is 0. The Bertz CT molecular complexity index is 694. The first-order valence-corrected chi connectivity index (χ1v) is 6.99. The zero-order valence-electron chi connectivity index (χ0n) is 13.1. The second-order valence-corrected chi connectivity index (χ2v) is 4.54. The van der Waals surface area contributed by atoms with Crippen molar-refractivity contribution < 1.29 is 14.2 Å². The highest BCUT2D eigenvalue weighted by Gasteiger charge is 1.98. The molecular weight excluding hydrogens is 276 g/mol. The fraction of sp³-hybridized carbons (Fsp3) is 0.158. The molecule has 0 atom stereocenters. The smallest absolute Gasteiger partial charge is 0.160 e. The van der Waals surface area contributed by atoms with E-state index in [2.05, 4.69) is 18.2 Å². The highest BCUT2D eigenvalue weighted by molar-refractivity contribution is 5.88. The molecule has 0 unspecified atom stereocenters. The summed E-state index contributed by atoms with van der Waals surface area (Å²) in [5.41, 5.74) is 0. The Morgan fingerprint density at radius 1 is 0.500 bits per heavy atom. The van der Waals surface area contributed by atoms with Crippen LogP contribution in [-0.2, 0) is 0 Å². The predicted molar refractivity (Wildman–Crippen MR) is 90.0 cm³/mol. The van der Waals surface area contributed by atoms with Gasteiger partial charge in [-0.15, -0.1) is 0 Å². The number of benzene rings is 3. The Labute approximate surface area is 131 Å². The van der Waals surface area contributed by atoms with Gasteiger partial charge in [0.1, 0.15) is 5.75 Å². The lowest BCUT2D eigenvalue weighted by Gasteiger charge is -2.04. The first-order chi connectivity index (χ1) is 10.8. The van der Waals surface area contributed by atoms with E-state index in [1.165, 1.54) is 10.8 Å². The largest absolute Gasteiger partial charge is 0.496 e. The van der Waals surface area contributed by atoms with Crippen LogP contribution in [-0.4, -0.2) is 21.3 Å². The minimum Gasteiger partial charge on any atom is -0.496 e. The van der Waals surface area contributed by atoms with Crippen LogP contribution in [0.15, 0.2) is 66.7 Å². The molecule has 0 saturated carbocycles. The molecule has 0 aliphatic carbocycles.